The van der Waals surface area contributed by atoms with Gasteiger partial charge in [-0.15, -0.1) is 23.1 Å². The number of amides is 1. The first-order chi connectivity index (χ1) is 16.2. The molecule has 1 amide bonds. The van der Waals surface area contributed by atoms with Crippen LogP contribution in [0.15, 0.2) is 77.1 Å². The van der Waals surface area contributed by atoms with Crippen LogP contribution in [0.4, 0.5) is 0 Å². The average Bonchev–Trinajstić information content (AvgIpc) is 3.61. The van der Waals surface area contributed by atoms with Gasteiger partial charge in [0.05, 0.1) is 30.5 Å². The van der Waals surface area contributed by atoms with Crippen LogP contribution in [0, 0.1) is 0 Å². The number of methoxy groups -OCH3 is 2. The molecule has 0 aliphatic carbocycles. The van der Waals surface area contributed by atoms with E-state index in [0.29, 0.717) is 17.3 Å². The molecule has 0 bridgehead atoms. The van der Waals surface area contributed by atoms with Crippen molar-refractivity contribution in [3.8, 4) is 11.5 Å². The summed E-state index contributed by atoms with van der Waals surface area (Å²) in [5.74, 6) is 1.53. The first-order valence-corrected chi connectivity index (χ1v) is 12.3. The van der Waals surface area contributed by atoms with Crippen LogP contribution in [0.25, 0.3) is 16.6 Å². The molecule has 5 rings (SSSR count). The SMILES string of the molecule is COc1cccc(C2C=C(c3cccs3)NN2C(=O)CSc2c[nH]c3ccccc23)c1OC. The van der Waals surface area contributed by atoms with Crippen LogP contribution in [0.3, 0.4) is 0 Å². The fraction of sp³-hybridized carbons (Fsp3) is 0.160. The Labute approximate surface area is 200 Å². The number of carbonyl (C=O) groups is 1. The number of aromatic amines is 1. The molecule has 6 nitrogen and oxygen atoms in total. The maximum atomic E-state index is 13.5. The monoisotopic (exact) mass is 477 g/mol. The van der Waals surface area contributed by atoms with Crippen molar-refractivity contribution in [2.45, 2.75) is 10.9 Å². The minimum absolute atomic E-state index is 0.0250. The van der Waals surface area contributed by atoms with Gasteiger partial charge >= 0.3 is 0 Å². The van der Waals surface area contributed by atoms with E-state index >= 15 is 0 Å². The van der Waals surface area contributed by atoms with E-state index in [1.807, 2.05) is 60.1 Å². The third-order valence-corrected chi connectivity index (χ3v) is 7.50. The number of hydrogen-bond acceptors (Lipinski definition) is 6. The predicted octanol–water partition coefficient (Wildman–Crippen LogP) is 5.47. The van der Waals surface area contributed by atoms with Crippen molar-refractivity contribution in [1.82, 2.24) is 15.4 Å². The molecule has 0 saturated carbocycles. The Hall–Kier alpha value is -3.36. The highest BCUT2D eigenvalue weighted by atomic mass is 32.2. The molecule has 3 heterocycles. The van der Waals surface area contributed by atoms with Gasteiger partial charge in [-0.2, -0.15) is 0 Å². The number of hydrazine groups is 1. The quantitative estimate of drug-likeness (QED) is 0.346. The van der Waals surface area contributed by atoms with E-state index in [1.54, 1.807) is 30.6 Å². The Morgan fingerprint density at radius 1 is 1.09 bits per heavy atom. The summed E-state index contributed by atoms with van der Waals surface area (Å²) >= 11 is 3.15. The Kier molecular flexibility index (Phi) is 6.02. The zero-order chi connectivity index (χ0) is 22.8. The highest BCUT2D eigenvalue weighted by Gasteiger charge is 2.33. The second-order valence-electron chi connectivity index (χ2n) is 7.45. The molecule has 1 aliphatic rings. The number of thiophene rings is 1. The topological polar surface area (TPSA) is 66.6 Å². The average molecular weight is 478 g/mol. The van der Waals surface area contributed by atoms with Gasteiger partial charge < -0.3 is 14.5 Å². The van der Waals surface area contributed by atoms with Crippen molar-refractivity contribution in [2.24, 2.45) is 0 Å². The van der Waals surface area contributed by atoms with Crippen molar-refractivity contribution >= 4 is 45.6 Å². The van der Waals surface area contributed by atoms with Gasteiger partial charge in [-0.1, -0.05) is 36.4 Å². The number of benzene rings is 2. The number of hydrogen-bond donors (Lipinski definition) is 2. The number of aromatic nitrogens is 1. The highest BCUT2D eigenvalue weighted by Crippen LogP contribution is 2.41. The molecule has 0 fully saturated rings. The van der Waals surface area contributed by atoms with Crippen LogP contribution in [-0.4, -0.2) is 35.9 Å². The number of ether oxygens (including phenoxy) is 2. The Balaban J connectivity index is 1.44. The normalized spacial score (nSPS) is 15.4. The minimum atomic E-state index is -0.330. The number of thioether (sulfide) groups is 1. The zero-order valence-corrected chi connectivity index (χ0v) is 19.8. The van der Waals surface area contributed by atoms with E-state index in [1.165, 1.54) is 11.8 Å². The fourth-order valence-corrected chi connectivity index (χ4v) is 5.60. The molecular formula is C25H23N3O3S2. The molecule has 1 unspecified atom stereocenters. The molecule has 8 heteroatoms. The fourth-order valence-electron chi connectivity index (χ4n) is 4.00. The number of fused-ring (bicyclic) bond motifs is 1. The van der Waals surface area contributed by atoms with Crippen molar-refractivity contribution in [3.05, 3.63) is 82.7 Å². The molecule has 2 aromatic carbocycles. The lowest BCUT2D eigenvalue weighted by molar-refractivity contribution is -0.131. The molecule has 33 heavy (non-hydrogen) atoms. The molecule has 4 aromatic rings. The minimum Gasteiger partial charge on any atom is -0.493 e. The van der Waals surface area contributed by atoms with E-state index in [9.17, 15) is 4.79 Å². The Morgan fingerprint density at radius 3 is 2.76 bits per heavy atom. The second-order valence-corrected chi connectivity index (χ2v) is 9.41. The molecule has 2 N–H and O–H groups in total. The number of nitrogens with one attached hydrogen (secondary N) is 2. The lowest BCUT2D eigenvalue weighted by Gasteiger charge is -2.27. The largest absolute Gasteiger partial charge is 0.493 e. The molecule has 1 atom stereocenters. The maximum Gasteiger partial charge on any atom is 0.252 e. The summed E-state index contributed by atoms with van der Waals surface area (Å²) in [4.78, 5) is 18.9. The molecule has 0 radical (unpaired) electrons. The summed E-state index contributed by atoms with van der Waals surface area (Å²) in [7, 11) is 3.23. The number of H-pyrrole nitrogens is 1. The highest BCUT2D eigenvalue weighted by molar-refractivity contribution is 8.00. The summed E-state index contributed by atoms with van der Waals surface area (Å²) in [6.45, 7) is 0. The van der Waals surface area contributed by atoms with Crippen LogP contribution in [0.1, 0.15) is 16.5 Å². The summed E-state index contributed by atoms with van der Waals surface area (Å²) in [6.07, 6.45) is 4.02. The molecule has 2 aromatic heterocycles. The van der Waals surface area contributed by atoms with Crippen LogP contribution >= 0.6 is 23.1 Å². The van der Waals surface area contributed by atoms with Crippen LogP contribution in [-0.2, 0) is 4.79 Å². The van der Waals surface area contributed by atoms with Crippen molar-refractivity contribution in [3.63, 3.8) is 0 Å². The number of para-hydroxylation sites is 2. The van der Waals surface area contributed by atoms with Gasteiger partial charge in [-0.05, 0) is 29.7 Å². The summed E-state index contributed by atoms with van der Waals surface area (Å²) in [6, 6.07) is 17.5. The van der Waals surface area contributed by atoms with Crippen LogP contribution in [0.2, 0.25) is 0 Å². The van der Waals surface area contributed by atoms with Gasteiger partial charge in [0.1, 0.15) is 6.04 Å². The van der Waals surface area contributed by atoms with E-state index < -0.39 is 0 Å². The molecule has 0 saturated heterocycles. The van der Waals surface area contributed by atoms with Gasteiger partial charge in [0.25, 0.3) is 5.91 Å². The van der Waals surface area contributed by atoms with Crippen molar-refractivity contribution < 1.29 is 14.3 Å². The second kappa shape index (κ2) is 9.25. The summed E-state index contributed by atoms with van der Waals surface area (Å²) in [5, 5.41) is 4.83. The smallest absolute Gasteiger partial charge is 0.252 e. The van der Waals surface area contributed by atoms with Crippen LogP contribution in [0.5, 0.6) is 11.5 Å². The van der Waals surface area contributed by atoms with Crippen LogP contribution < -0.4 is 14.9 Å². The zero-order valence-electron chi connectivity index (χ0n) is 18.2. The lowest BCUT2D eigenvalue weighted by atomic mass is 10.0. The Bertz CT molecular complexity index is 1310. The van der Waals surface area contributed by atoms with E-state index in [0.717, 1.165) is 31.9 Å². The number of nitrogens with zero attached hydrogens (tertiary/aromatic N) is 1. The standard InChI is InChI=1S/C25H23N3O3S2/c1-30-21-10-5-8-17(25(21)31-2)20-13-19(22-11-6-12-32-22)27-28(20)24(29)15-33-23-14-26-18-9-4-3-7-16(18)23/h3-14,20,26-27H,15H2,1-2H3. The van der Waals surface area contributed by atoms with Gasteiger partial charge in [0, 0.05) is 27.6 Å². The van der Waals surface area contributed by atoms with Gasteiger partial charge in [-0.25, -0.2) is 5.01 Å². The van der Waals surface area contributed by atoms with E-state index in [-0.39, 0.29) is 11.9 Å². The van der Waals surface area contributed by atoms with E-state index in [2.05, 4.69) is 22.6 Å². The van der Waals surface area contributed by atoms with Gasteiger partial charge in [0.2, 0.25) is 0 Å². The first-order valence-electron chi connectivity index (χ1n) is 10.4. The summed E-state index contributed by atoms with van der Waals surface area (Å²) < 4.78 is 11.2. The molecule has 168 valence electrons. The molecule has 0 spiro atoms. The van der Waals surface area contributed by atoms with Gasteiger partial charge in [-0.3, -0.25) is 10.2 Å². The first kappa shape index (κ1) is 21.5. The third-order valence-electron chi connectivity index (χ3n) is 5.55. The predicted molar refractivity (Wildman–Crippen MR) is 134 cm³/mol. The Morgan fingerprint density at radius 2 is 1.97 bits per heavy atom. The number of rotatable bonds is 7. The molecule has 1 aliphatic heterocycles. The van der Waals surface area contributed by atoms with Crippen molar-refractivity contribution in [2.75, 3.05) is 20.0 Å². The third kappa shape index (κ3) is 4.07. The van der Waals surface area contributed by atoms with E-state index in [4.69, 9.17) is 9.47 Å². The maximum absolute atomic E-state index is 13.5. The number of carbonyl (C=O) groups excluding carboxylic acids is 1. The lowest BCUT2D eigenvalue weighted by Crippen LogP contribution is -2.40. The van der Waals surface area contributed by atoms with Gasteiger partial charge in [0.15, 0.2) is 11.5 Å². The van der Waals surface area contributed by atoms with Crippen molar-refractivity contribution in [1.29, 1.82) is 0 Å². The molecular weight excluding hydrogens is 454 g/mol. The summed E-state index contributed by atoms with van der Waals surface area (Å²) in [5.41, 5.74) is 6.17.